The lowest BCUT2D eigenvalue weighted by Crippen LogP contribution is -2.42. The van der Waals surface area contributed by atoms with E-state index in [4.69, 9.17) is 15.7 Å². The van der Waals surface area contributed by atoms with E-state index in [9.17, 15) is 14.4 Å². The SMILES string of the molecule is CC(C)(C)OC(=O)C(CCC(=O)O)C(=O)NN. The van der Waals surface area contributed by atoms with Crippen molar-refractivity contribution in [1.29, 1.82) is 0 Å². The molecule has 0 heterocycles. The molecular weight excluding hydrogens is 228 g/mol. The normalized spacial score (nSPS) is 12.7. The predicted molar refractivity (Wildman–Crippen MR) is 58.5 cm³/mol. The summed E-state index contributed by atoms with van der Waals surface area (Å²) in [5.74, 6) is 1.11. The molecule has 0 spiro atoms. The molecule has 0 aromatic carbocycles. The molecule has 1 unspecified atom stereocenters. The van der Waals surface area contributed by atoms with Crippen molar-refractivity contribution in [3.05, 3.63) is 0 Å². The van der Waals surface area contributed by atoms with E-state index in [1.54, 1.807) is 20.8 Å². The highest BCUT2D eigenvalue weighted by atomic mass is 16.6. The Balaban J connectivity index is 4.62. The topological polar surface area (TPSA) is 119 Å². The molecule has 17 heavy (non-hydrogen) atoms. The average molecular weight is 246 g/mol. The first kappa shape index (κ1) is 15.4. The third-order valence-corrected chi connectivity index (χ3v) is 1.80. The number of hydrogen-bond donors (Lipinski definition) is 3. The van der Waals surface area contributed by atoms with Crippen LogP contribution in [0.4, 0.5) is 0 Å². The summed E-state index contributed by atoms with van der Waals surface area (Å²) < 4.78 is 5.01. The second kappa shape index (κ2) is 6.19. The van der Waals surface area contributed by atoms with Crippen molar-refractivity contribution >= 4 is 17.8 Å². The summed E-state index contributed by atoms with van der Waals surface area (Å²) in [6.07, 6.45) is -0.454. The van der Waals surface area contributed by atoms with Crippen molar-refractivity contribution in [2.24, 2.45) is 11.8 Å². The minimum absolute atomic E-state index is 0.146. The second-order valence-electron chi connectivity index (χ2n) is 4.53. The van der Waals surface area contributed by atoms with Crippen LogP contribution in [0.25, 0.3) is 0 Å². The summed E-state index contributed by atoms with van der Waals surface area (Å²) in [7, 11) is 0. The molecule has 4 N–H and O–H groups in total. The molecule has 7 nitrogen and oxygen atoms in total. The van der Waals surface area contributed by atoms with Gasteiger partial charge in [-0.1, -0.05) is 0 Å². The van der Waals surface area contributed by atoms with Gasteiger partial charge in [-0.25, -0.2) is 5.84 Å². The fraction of sp³-hybridized carbons (Fsp3) is 0.700. The molecule has 0 saturated carbocycles. The zero-order valence-electron chi connectivity index (χ0n) is 10.1. The van der Waals surface area contributed by atoms with Gasteiger partial charge in [0.15, 0.2) is 0 Å². The van der Waals surface area contributed by atoms with Gasteiger partial charge in [-0.3, -0.25) is 19.8 Å². The number of hydrazine groups is 1. The fourth-order valence-corrected chi connectivity index (χ4v) is 1.10. The van der Waals surface area contributed by atoms with Crippen LogP contribution in [0.15, 0.2) is 0 Å². The molecule has 7 heteroatoms. The molecule has 0 saturated heterocycles. The minimum atomic E-state index is -1.20. The average Bonchev–Trinajstić information content (AvgIpc) is 2.14. The van der Waals surface area contributed by atoms with E-state index in [0.29, 0.717) is 0 Å². The van der Waals surface area contributed by atoms with E-state index in [2.05, 4.69) is 0 Å². The summed E-state index contributed by atoms with van der Waals surface area (Å²) in [4.78, 5) is 33.4. The predicted octanol–water partition coefficient (Wildman–Crippen LogP) is -0.201. The molecule has 98 valence electrons. The molecule has 0 aliphatic carbocycles. The minimum Gasteiger partial charge on any atom is -0.481 e. The Morgan fingerprint density at radius 2 is 1.88 bits per heavy atom. The summed E-state index contributed by atoms with van der Waals surface area (Å²) in [5, 5.41) is 8.52. The molecule has 1 atom stereocenters. The van der Waals surface area contributed by atoms with Gasteiger partial charge in [-0.2, -0.15) is 0 Å². The highest BCUT2D eigenvalue weighted by molar-refractivity contribution is 5.97. The third kappa shape index (κ3) is 6.52. The number of amides is 1. The van der Waals surface area contributed by atoms with Crippen LogP contribution in [-0.4, -0.2) is 28.6 Å². The largest absolute Gasteiger partial charge is 0.481 e. The van der Waals surface area contributed by atoms with Crippen molar-refractivity contribution in [3.8, 4) is 0 Å². The molecule has 0 fully saturated rings. The number of nitrogens with two attached hydrogens (primary N) is 1. The molecule has 1 amide bonds. The van der Waals surface area contributed by atoms with E-state index in [0.717, 1.165) is 0 Å². The van der Waals surface area contributed by atoms with Crippen molar-refractivity contribution in [1.82, 2.24) is 5.43 Å². The van der Waals surface area contributed by atoms with Crippen LogP contribution in [0.1, 0.15) is 33.6 Å². The number of carboxylic acid groups (broad SMARTS) is 1. The van der Waals surface area contributed by atoms with Gasteiger partial charge in [0, 0.05) is 6.42 Å². The van der Waals surface area contributed by atoms with Crippen molar-refractivity contribution in [3.63, 3.8) is 0 Å². The number of aliphatic carboxylic acids is 1. The van der Waals surface area contributed by atoms with Crippen LogP contribution in [0.5, 0.6) is 0 Å². The van der Waals surface area contributed by atoms with Gasteiger partial charge in [0.25, 0.3) is 0 Å². The summed E-state index contributed by atoms with van der Waals surface area (Å²) in [6, 6.07) is 0. The number of nitrogens with one attached hydrogen (secondary N) is 1. The molecule has 0 rings (SSSR count). The van der Waals surface area contributed by atoms with Gasteiger partial charge in [-0.15, -0.1) is 0 Å². The van der Waals surface area contributed by atoms with Crippen LogP contribution >= 0.6 is 0 Å². The van der Waals surface area contributed by atoms with Crippen LogP contribution in [0.3, 0.4) is 0 Å². The van der Waals surface area contributed by atoms with Gasteiger partial charge in [0.05, 0.1) is 0 Å². The maximum absolute atomic E-state index is 11.6. The maximum atomic E-state index is 11.6. The highest BCUT2D eigenvalue weighted by Gasteiger charge is 2.31. The number of rotatable bonds is 5. The standard InChI is InChI=1S/C10H18N2O5/c1-10(2,3)17-9(16)6(8(15)12-11)4-5-7(13)14/h6H,4-5,11H2,1-3H3,(H,12,15)(H,13,14). The molecule has 0 aliphatic rings. The number of hydrogen-bond acceptors (Lipinski definition) is 5. The van der Waals surface area contributed by atoms with Crippen LogP contribution in [0, 0.1) is 5.92 Å². The zero-order chi connectivity index (χ0) is 13.6. The number of esters is 1. The summed E-state index contributed by atoms with van der Waals surface area (Å²) >= 11 is 0. The van der Waals surface area contributed by atoms with Crippen LogP contribution < -0.4 is 11.3 Å². The van der Waals surface area contributed by atoms with E-state index in [-0.39, 0.29) is 12.8 Å². The number of ether oxygens (including phenoxy) is 1. The zero-order valence-corrected chi connectivity index (χ0v) is 10.1. The van der Waals surface area contributed by atoms with Crippen molar-refractivity contribution < 1.29 is 24.2 Å². The summed E-state index contributed by atoms with van der Waals surface area (Å²) in [6.45, 7) is 4.96. The van der Waals surface area contributed by atoms with Gasteiger partial charge in [-0.05, 0) is 27.2 Å². The number of carbonyl (C=O) groups excluding carboxylic acids is 2. The molecule has 0 aromatic rings. The Bertz CT molecular complexity index is 308. The first-order valence-electron chi connectivity index (χ1n) is 5.12. The molecule has 0 aliphatic heterocycles. The van der Waals surface area contributed by atoms with Crippen molar-refractivity contribution in [2.75, 3.05) is 0 Å². The quantitative estimate of drug-likeness (QED) is 0.203. The van der Waals surface area contributed by atoms with Crippen LogP contribution in [0.2, 0.25) is 0 Å². The Morgan fingerprint density at radius 1 is 1.35 bits per heavy atom. The molecule has 0 aromatic heterocycles. The monoisotopic (exact) mass is 246 g/mol. The molecule has 0 radical (unpaired) electrons. The Labute approximate surface area is 99.3 Å². The first-order valence-corrected chi connectivity index (χ1v) is 5.12. The smallest absolute Gasteiger partial charge is 0.319 e. The van der Waals surface area contributed by atoms with E-state index >= 15 is 0 Å². The lowest BCUT2D eigenvalue weighted by molar-refractivity contribution is -0.162. The van der Waals surface area contributed by atoms with Gasteiger partial charge in [0.2, 0.25) is 5.91 Å². The highest BCUT2D eigenvalue weighted by Crippen LogP contribution is 2.15. The van der Waals surface area contributed by atoms with E-state index in [1.807, 2.05) is 5.43 Å². The van der Waals surface area contributed by atoms with Crippen molar-refractivity contribution in [2.45, 2.75) is 39.2 Å². The summed E-state index contributed by atoms with van der Waals surface area (Å²) in [5.41, 5.74) is 1.08. The fourth-order valence-electron chi connectivity index (χ4n) is 1.10. The first-order chi connectivity index (χ1) is 7.67. The number of carboxylic acids is 1. The lowest BCUT2D eigenvalue weighted by atomic mass is 10.0. The lowest BCUT2D eigenvalue weighted by Gasteiger charge is -2.22. The van der Waals surface area contributed by atoms with E-state index < -0.39 is 29.4 Å². The molecular formula is C10H18N2O5. The second-order valence-corrected chi connectivity index (χ2v) is 4.53. The maximum Gasteiger partial charge on any atom is 0.319 e. The van der Waals surface area contributed by atoms with Gasteiger partial charge in [0.1, 0.15) is 11.5 Å². The molecule has 0 bridgehead atoms. The van der Waals surface area contributed by atoms with Gasteiger partial charge >= 0.3 is 11.9 Å². The Morgan fingerprint density at radius 3 is 2.24 bits per heavy atom. The van der Waals surface area contributed by atoms with Crippen LogP contribution in [-0.2, 0) is 19.1 Å². The number of carbonyl (C=O) groups is 3. The van der Waals surface area contributed by atoms with Gasteiger partial charge < -0.3 is 9.84 Å². The Hall–Kier alpha value is -1.63. The third-order valence-electron chi connectivity index (χ3n) is 1.80. The van der Waals surface area contributed by atoms with E-state index in [1.165, 1.54) is 0 Å². The Kier molecular flexibility index (Phi) is 5.60.